The number of Topliss-reactive ketones (excluding diaryl/α,β-unsaturated/α-hetero) is 1. The number of hydrogen-bond donors (Lipinski definition) is 1. The maximum absolute atomic E-state index is 11.7. The van der Waals surface area contributed by atoms with E-state index in [9.17, 15) is 9.59 Å². The predicted molar refractivity (Wildman–Crippen MR) is 72.8 cm³/mol. The maximum Gasteiger partial charge on any atom is 0.413 e. The van der Waals surface area contributed by atoms with Gasteiger partial charge in [-0.05, 0) is 20.8 Å². The fourth-order valence-electron chi connectivity index (χ4n) is 1.17. The van der Waals surface area contributed by atoms with Crippen LogP contribution in [0.25, 0.3) is 0 Å². The summed E-state index contributed by atoms with van der Waals surface area (Å²) in [5.74, 6) is -0.0587. The lowest BCUT2D eigenvalue weighted by Crippen LogP contribution is -2.27. The number of methoxy groups -OCH3 is 1. The van der Waals surface area contributed by atoms with E-state index < -0.39 is 11.7 Å². The van der Waals surface area contributed by atoms with Crippen molar-refractivity contribution in [3.8, 4) is 0 Å². The smallest absolute Gasteiger partial charge is 0.413 e. The van der Waals surface area contributed by atoms with Crippen molar-refractivity contribution in [2.75, 3.05) is 19.0 Å². The van der Waals surface area contributed by atoms with Gasteiger partial charge in [0.05, 0.1) is 17.7 Å². The monoisotopic (exact) mass is 286 g/mol. The number of nitrogens with one attached hydrogen (secondary N) is 1. The van der Waals surface area contributed by atoms with Crippen LogP contribution in [0.3, 0.4) is 0 Å². The van der Waals surface area contributed by atoms with Gasteiger partial charge in [0.1, 0.15) is 5.60 Å². The van der Waals surface area contributed by atoms with Crippen LogP contribution in [0.15, 0.2) is 6.20 Å². The van der Waals surface area contributed by atoms with Crippen LogP contribution in [-0.4, -0.2) is 36.2 Å². The number of carbonyl (C=O) groups is 2. The summed E-state index contributed by atoms with van der Waals surface area (Å²) in [7, 11) is 1.54. The summed E-state index contributed by atoms with van der Waals surface area (Å²) in [4.78, 5) is 27.6. The molecule has 0 aromatic carbocycles. The second kappa shape index (κ2) is 6.63. The normalized spacial score (nSPS) is 11.2. The molecule has 0 saturated heterocycles. The summed E-state index contributed by atoms with van der Waals surface area (Å²) in [6.07, 6.45) is 1.15. The third-order valence-electron chi connectivity index (χ3n) is 1.92. The Labute approximate surface area is 116 Å². The molecule has 0 bridgehead atoms. The second-order valence-corrected chi connectivity index (χ2v) is 5.85. The fraction of sp³-hybridized carbons (Fsp3) is 0.583. The molecule has 0 spiro atoms. The molecule has 1 amide bonds. The average Bonchev–Trinajstić information content (AvgIpc) is 2.71. The van der Waals surface area contributed by atoms with Gasteiger partial charge in [-0.15, -0.1) is 0 Å². The van der Waals surface area contributed by atoms with Crippen LogP contribution in [0, 0.1) is 0 Å². The molecule has 0 aliphatic carbocycles. The van der Waals surface area contributed by atoms with E-state index in [1.54, 1.807) is 20.8 Å². The van der Waals surface area contributed by atoms with E-state index in [1.165, 1.54) is 13.3 Å². The van der Waals surface area contributed by atoms with Gasteiger partial charge < -0.3 is 9.47 Å². The Morgan fingerprint density at radius 2 is 2.11 bits per heavy atom. The molecule has 0 atom stereocenters. The number of aromatic nitrogens is 1. The van der Waals surface area contributed by atoms with E-state index in [2.05, 4.69) is 10.3 Å². The van der Waals surface area contributed by atoms with Crippen molar-refractivity contribution in [1.29, 1.82) is 0 Å². The fourth-order valence-corrected chi connectivity index (χ4v) is 1.94. The Balaban J connectivity index is 2.55. The van der Waals surface area contributed by atoms with Crippen LogP contribution in [-0.2, 0) is 9.47 Å². The molecular weight excluding hydrogens is 268 g/mol. The molecule has 7 heteroatoms. The van der Waals surface area contributed by atoms with Gasteiger partial charge in [0, 0.05) is 13.5 Å². The van der Waals surface area contributed by atoms with Gasteiger partial charge in [-0.1, -0.05) is 11.3 Å². The first-order chi connectivity index (χ1) is 8.81. The minimum absolute atomic E-state index is 0.0587. The van der Waals surface area contributed by atoms with Gasteiger partial charge >= 0.3 is 6.09 Å². The molecule has 0 saturated carbocycles. The van der Waals surface area contributed by atoms with Crippen LogP contribution in [0.1, 0.15) is 36.9 Å². The quantitative estimate of drug-likeness (QED) is 0.842. The van der Waals surface area contributed by atoms with Crippen molar-refractivity contribution in [2.45, 2.75) is 32.8 Å². The SMILES string of the molecule is COCCC(=O)c1cnc(NC(=O)OC(C)(C)C)s1. The highest BCUT2D eigenvalue weighted by molar-refractivity contribution is 7.17. The Bertz CT molecular complexity index is 451. The number of amides is 1. The van der Waals surface area contributed by atoms with Crippen LogP contribution < -0.4 is 5.32 Å². The number of thiazole rings is 1. The molecule has 0 aliphatic heterocycles. The van der Waals surface area contributed by atoms with Gasteiger partial charge in [0.15, 0.2) is 10.9 Å². The van der Waals surface area contributed by atoms with E-state index in [4.69, 9.17) is 9.47 Å². The molecular formula is C12H18N2O4S. The third-order valence-corrected chi connectivity index (χ3v) is 2.88. The van der Waals surface area contributed by atoms with Crippen molar-refractivity contribution in [2.24, 2.45) is 0 Å². The highest BCUT2D eigenvalue weighted by Gasteiger charge is 2.18. The molecule has 0 unspecified atom stereocenters. The van der Waals surface area contributed by atoms with Crippen molar-refractivity contribution in [1.82, 2.24) is 4.98 Å². The molecule has 6 nitrogen and oxygen atoms in total. The second-order valence-electron chi connectivity index (χ2n) is 4.82. The summed E-state index contributed by atoms with van der Waals surface area (Å²) >= 11 is 1.12. The van der Waals surface area contributed by atoms with Crippen LogP contribution in [0.4, 0.5) is 9.93 Å². The van der Waals surface area contributed by atoms with Crippen LogP contribution >= 0.6 is 11.3 Å². The number of rotatable bonds is 5. The molecule has 0 aliphatic rings. The Kier molecular flexibility index (Phi) is 5.44. The first-order valence-corrected chi connectivity index (χ1v) is 6.61. The zero-order valence-corrected chi connectivity index (χ0v) is 12.3. The molecule has 1 N–H and O–H groups in total. The minimum atomic E-state index is -0.585. The van der Waals surface area contributed by atoms with E-state index in [0.29, 0.717) is 23.0 Å². The number of nitrogens with zero attached hydrogens (tertiary/aromatic N) is 1. The van der Waals surface area contributed by atoms with Gasteiger partial charge in [0.2, 0.25) is 0 Å². The summed E-state index contributed by atoms with van der Waals surface area (Å²) in [5, 5.41) is 2.84. The number of carbonyl (C=O) groups excluding carboxylic acids is 2. The standard InChI is InChI=1S/C12H18N2O4S/c1-12(2,3)18-11(16)14-10-13-7-9(19-10)8(15)5-6-17-4/h7H,5-6H2,1-4H3,(H,13,14,16). The predicted octanol–water partition coefficient (Wildman–Crippen LogP) is 2.71. The molecule has 1 rings (SSSR count). The lowest BCUT2D eigenvalue weighted by atomic mass is 10.2. The Morgan fingerprint density at radius 3 is 2.68 bits per heavy atom. The zero-order valence-electron chi connectivity index (χ0n) is 11.5. The number of hydrogen-bond acceptors (Lipinski definition) is 6. The van der Waals surface area contributed by atoms with E-state index in [-0.39, 0.29) is 5.78 Å². The molecule has 1 heterocycles. The van der Waals surface area contributed by atoms with Crippen molar-refractivity contribution >= 4 is 28.3 Å². The first-order valence-electron chi connectivity index (χ1n) is 5.80. The topological polar surface area (TPSA) is 77.5 Å². The first kappa shape index (κ1) is 15.6. The lowest BCUT2D eigenvalue weighted by Gasteiger charge is -2.18. The minimum Gasteiger partial charge on any atom is -0.444 e. The Morgan fingerprint density at radius 1 is 1.42 bits per heavy atom. The van der Waals surface area contributed by atoms with Crippen molar-refractivity contribution in [3.05, 3.63) is 11.1 Å². The average molecular weight is 286 g/mol. The Hall–Kier alpha value is -1.47. The van der Waals surface area contributed by atoms with Crippen molar-refractivity contribution < 1.29 is 19.1 Å². The van der Waals surface area contributed by atoms with Gasteiger partial charge in [-0.2, -0.15) is 0 Å². The molecule has 0 radical (unpaired) electrons. The summed E-state index contributed by atoms with van der Waals surface area (Å²) < 4.78 is 9.92. The molecule has 1 aromatic heterocycles. The molecule has 106 valence electrons. The largest absolute Gasteiger partial charge is 0.444 e. The maximum atomic E-state index is 11.7. The van der Waals surface area contributed by atoms with E-state index in [1.807, 2.05) is 0 Å². The number of ketones is 1. The molecule has 1 aromatic rings. The van der Waals surface area contributed by atoms with Gasteiger partial charge in [-0.3, -0.25) is 10.1 Å². The highest BCUT2D eigenvalue weighted by Crippen LogP contribution is 2.20. The zero-order chi connectivity index (χ0) is 14.5. The van der Waals surface area contributed by atoms with Gasteiger partial charge in [-0.25, -0.2) is 9.78 Å². The van der Waals surface area contributed by atoms with E-state index in [0.717, 1.165) is 11.3 Å². The number of ether oxygens (including phenoxy) is 2. The molecule has 19 heavy (non-hydrogen) atoms. The number of anilines is 1. The third kappa shape index (κ3) is 5.80. The van der Waals surface area contributed by atoms with E-state index >= 15 is 0 Å². The summed E-state index contributed by atoms with van der Waals surface area (Å²) in [5.41, 5.74) is -0.571. The highest BCUT2D eigenvalue weighted by atomic mass is 32.1. The van der Waals surface area contributed by atoms with Crippen LogP contribution in [0.2, 0.25) is 0 Å². The molecule has 0 fully saturated rings. The lowest BCUT2D eigenvalue weighted by molar-refractivity contribution is 0.0635. The summed E-state index contributed by atoms with van der Waals surface area (Å²) in [6.45, 7) is 5.68. The van der Waals surface area contributed by atoms with Crippen molar-refractivity contribution in [3.63, 3.8) is 0 Å². The summed E-state index contributed by atoms with van der Waals surface area (Å²) in [6, 6.07) is 0. The van der Waals surface area contributed by atoms with Gasteiger partial charge in [0.25, 0.3) is 0 Å². The van der Waals surface area contributed by atoms with Crippen LogP contribution in [0.5, 0.6) is 0 Å².